The Bertz CT molecular complexity index is 589. The van der Waals surface area contributed by atoms with Gasteiger partial charge in [-0.15, -0.1) is 0 Å². The van der Waals surface area contributed by atoms with Gasteiger partial charge in [0, 0.05) is 17.4 Å². The molecule has 21 heavy (non-hydrogen) atoms. The summed E-state index contributed by atoms with van der Waals surface area (Å²) in [5.74, 6) is 1.83. The first-order valence-electron chi connectivity index (χ1n) is 7.18. The lowest BCUT2D eigenvalue weighted by Gasteiger charge is -2.12. The Labute approximate surface area is 148 Å². The summed E-state index contributed by atoms with van der Waals surface area (Å²) in [6.45, 7) is 5.14. The predicted molar refractivity (Wildman–Crippen MR) is 99.9 cm³/mol. The van der Waals surface area contributed by atoms with Gasteiger partial charge in [-0.2, -0.15) is 0 Å². The van der Waals surface area contributed by atoms with Crippen LogP contribution >= 0.6 is 38.5 Å². The molecule has 0 fully saturated rings. The lowest BCUT2D eigenvalue weighted by atomic mass is 10.1. The van der Waals surface area contributed by atoms with E-state index in [9.17, 15) is 0 Å². The lowest BCUT2D eigenvalue weighted by Crippen LogP contribution is -2.10. The Kier molecular flexibility index (Phi) is 6.41. The van der Waals surface area contributed by atoms with Crippen molar-refractivity contribution in [2.75, 3.05) is 11.9 Å². The monoisotopic (exact) mass is 459 g/mol. The van der Waals surface area contributed by atoms with E-state index in [4.69, 9.17) is 9.97 Å². The summed E-state index contributed by atoms with van der Waals surface area (Å²) in [5, 5.41) is 3.35. The highest BCUT2D eigenvalue weighted by Gasteiger charge is 2.12. The first kappa shape index (κ1) is 16.7. The molecule has 0 atom stereocenters. The van der Waals surface area contributed by atoms with Crippen molar-refractivity contribution in [2.45, 2.75) is 33.1 Å². The second kappa shape index (κ2) is 8.08. The van der Waals surface area contributed by atoms with Crippen LogP contribution in [0.25, 0.3) is 0 Å². The van der Waals surface area contributed by atoms with Crippen molar-refractivity contribution in [2.24, 2.45) is 0 Å². The highest BCUT2D eigenvalue weighted by Crippen LogP contribution is 2.23. The summed E-state index contributed by atoms with van der Waals surface area (Å²) in [6, 6.07) is 8.23. The van der Waals surface area contributed by atoms with E-state index in [2.05, 4.69) is 69.8 Å². The van der Waals surface area contributed by atoms with Crippen LogP contribution in [0.4, 0.5) is 5.82 Å². The molecular weight excluding hydrogens is 441 g/mol. The Morgan fingerprint density at radius 2 is 1.95 bits per heavy atom. The summed E-state index contributed by atoms with van der Waals surface area (Å²) in [5.41, 5.74) is 2.36. The van der Waals surface area contributed by atoms with Crippen LogP contribution in [0.2, 0.25) is 0 Å². The summed E-state index contributed by atoms with van der Waals surface area (Å²) < 4.78 is 2.25. The van der Waals surface area contributed by atoms with Gasteiger partial charge in [-0.05, 0) is 47.6 Å². The second-order valence-electron chi connectivity index (χ2n) is 4.80. The van der Waals surface area contributed by atoms with E-state index in [1.165, 1.54) is 5.56 Å². The zero-order chi connectivity index (χ0) is 15.2. The Morgan fingerprint density at radius 3 is 2.62 bits per heavy atom. The Morgan fingerprint density at radius 1 is 1.19 bits per heavy atom. The van der Waals surface area contributed by atoms with Gasteiger partial charge in [0.1, 0.15) is 11.6 Å². The van der Waals surface area contributed by atoms with Crippen molar-refractivity contribution in [3.8, 4) is 0 Å². The van der Waals surface area contributed by atoms with Gasteiger partial charge in [0.05, 0.1) is 9.26 Å². The number of halogens is 2. The standard InChI is InChI=1S/C16H19BrIN3/c1-3-7-13-15(18)16(19-4-2)21-14(20-13)10-11-8-5-6-9-12(11)17/h5-6,8-9H,3-4,7,10H2,1-2H3,(H,19,20,21). The normalized spacial score (nSPS) is 10.7. The number of nitrogens with zero attached hydrogens (tertiary/aromatic N) is 2. The van der Waals surface area contributed by atoms with Crippen LogP contribution in [0.5, 0.6) is 0 Å². The Balaban J connectivity index is 2.36. The maximum absolute atomic E-state index is 4.76. The summed E-state index contributed by atoms with van der Waals surface area (Å²) in [4.78, 5) is 9.45. The SMILES string of the molecule is CCCc1nc(Cc2ccccc2Br)nc(NCC)c1I. The fourth-order valence-corrected chi connectivity index (χ4v) is 3.25. The van der Waals surface area contributed by atoms with Crippen LogP contribution in [0, 0.1) is 3.57 Å². The van der Waals surface area contributed by atoms with Crippen LogP contribution in [0.15, 0.2) is 28.7 Å². The topological polar surface area (TPSA) is 37.8 Å². The third-order valence-corrected chi connectivity index (χ3v) is 5.01. The molecule has 0 bridgehead atoms. The number of anilines is 1. The fourth-order valence-electron chi connectivity index (χ4n) is 2.12. The van der Waals surface area contributed by atoms with Crippen molar-refractivity contribution in [1.29, 1.82) is 0 Å². The molecule has 1 aromatic carbocycles. The van der Waals surface area contributed by atoms with Crippen LogP contribution in [0.1, 0.15) is 37.4 Å². The van der Waals surface area contributed by atoms with Gasteiger partial charge in [0.25, 0.3) is 0 Å². The highest BCUT2D eigenvalue weighted by molar-refractivity contribution is 14.1. The average Bonchev–Trinajstić information content (AvgIpc) is 2.47. The Hall–Kier alpha value is -0.690. The van der Waals surface area contributed by atoms with E-state index >= 15 is 0 Å². The van der Waals surface area contributed by atoms with Crippen molar-refractivity contribution < 1.29 is 0 Å². The van der Waals surface area contributed by atoms with Gasteiger partial charge in [-0.25, -0.2) is 9.97 Å². The molecular formula is C16H19BrIN3. The maximum atomic E-state index is 4.76. The molecule has 0 unspecified atom stereocenters. The molecule has 1 N–H and O–H groups in total. The molecule has 0 radical (unpaired) electrons. The molecule has 112 valence electrons. The minimum atomic E-state index is 0.744. The minimum Gasteiger partial charge on any atom is -0.369 e. The molecule has 3 nitrogen and oxygen atoms in total. The molecule has 1 aromatic heterocycles. The highest BCUT2D eigenvalue weighted by atomic mass is 127. The van der Waals surface area contributed by atoms with Gasteiger partial charge in [-0.3, -0.25) is 0 Å². The second-order valence-corrected chi connectivity index (χ2v) is 6.73. The van der Waals surface area contributed by atoms with E-state index in [0.717, 1.165) is 51.2 Å². The van der Waals surface area contributed by atoms with Crippen molar-refractivity contribution in [3.05, 3.63) is 49.4 Å². The number of aryl methyl sites for hydroxylation is 1. The lowest BCUT2D eigenvalue weighted by molar-refractivity contribution is 0.832. The van der Waals surface area contributed by atoms with Crippen molar-refractivity contribution >= 4 is 44.3 Å². The number of hydrogen-bond acceptors (Lipinski definition) is 3. The molecule has 0 aliphatic rings. The fraction of sp³-hybridized carbons (Fsp3) is 0.375. The quantitative estimate of drug-likeness (QED) is 0.629. The van der Waals surface area contributed by atoms with Crippen molar-refractivity contribution in [3.63, 3.8) is 0 Å². The van der Waals surface area contributed by atoms with Crippen LogP contribution in [-0.2, 0) is 12.8 Å². The molecule has 0 aliphatic heterocycles. The van der Waals surface area contributed by atoms with Gasteiger partial charge in [0.2, 0.25) is 0 Å². The summed E-state index contributed by atoms with van der Waals surface area (Å²) >= 11 is 5.94. The number of rotatable bonds is 6. The summed E-state index contributed by atoms with van der Waals surface area (Å²) in [6.07, 6.45) is 2.82. The van der Waals surface area contributed by atoms with Gasteiger partial charge in [-0.1, -0.05) is 47.5 Å². The molecule has 0 amide bonds. The molecule has 0 aliphatic carbocycles. The first-order chi connectivity index (χ1) is 10.2. The number of nitrogens with one attached hydrogen (secondary N) is 1. The third-order valence-electron chi connectivity index (χ3n) is 3.10. The van der Waals surface area contributed by atoms with E-state index < -0.39 is 0 Å². The molecule has 5 heteroatoms. The van der Waals surface area contributed by atoms with Crippen LogP contribution < -0.4 is 5.32 Å². The largest absolute Gasteiger partial charge is 0.369 e. The van der Waals surface area contributed by atoms with Gasteiger partial charge >= 0.3 is 0 Å². The minimum absolute atomic E-state index is 0.744. The van der Waals surface area contributed by atoms with E-state index in [0.29, 0.717) is 0 Å². The molecule has 2 aromatic rings. The third kappa shape index (κ3) is 4.39. The van der Waals surface area contributed by atoms with Crippen LogP contribution in [-0.4, -0.2) is 16.5 Å². The van der Waals surface area contributed by atoms with Gasteiger partial charge in [0.15, 0.2) is 0 Å². The molecule has 0 spiro atoms. The maximum Gasteiger partial charge on any atom is 0.143 e. The number of benzene rings is 1. The number of aromatic nitrogens is 2. The van der Waals surface area contributed by atoms with E-state index in [1.54, 1.807) is 0 Å². The molecule has 0 saturated carbocycles. The summed E-state index contributed by atoms with van der Waals surface area (Å²) in [7, 11) is 0. The van der Waals surface area contributed by atoms with E-state index in [1.807, 2.05) is 12.1 Å². The first-order valence-corrected chi connectivity index (χ1v) is 9.05. The predicted octanol–water partition coefficient (Wildman–Crippen LogP) is 4.82. The molecule has 2 rings (SSSR count). The van der Waals surface area contributed by atoms with Crippen LogP contribution in [0.3, 0.4) is 0 Å². The molecule has 0 saturated heterocycles. The number of hydrogen-bond donors (Lipinski definition) is 1. The molecule has 1 heterocycles. The zero-order valence-electron chi connectivity index (χ0n) is 12.3. The van der Waals surface area contributed by atoms with Gasteiger partial charge < -0.3 is 5.32 Å². The zero-order valence-corrected chi connectivity index (χ0v) is 16.0. The smallest absolute Gasteiger partial charge is 0.143 e. The average molecular weight is 460 g/mol. The van der Waals surface area contributed by atoms with E-state index in [-0.39, 0.29) is 0 Å². The van der Waals surface area contributed by atoms with Crippen molar-refractivity contribution in [1.82, 2.24) is 9.97 Å².